The first-order valence-electron chi connectivity index (χ1n) is 8.56. The Labute approximate surface area is 148 Å². The van der Waals surface area contributed by atoms with Crippen molar-refractivity contribution in [1.82, 2.24) is 24.5 Å². The van der Waals surface area contributed by atoms with Gasteiger partial charge in [-0.1, -0.05) is 18.2 Å². The lowest BCUT2D eigenvalue weighted by Crippen LogP contribution is -2.34. The maximum absolute atomic E-state index is 13.9. The summed E-state index contributed by atoms with van der Waals surface area (Å²) < 4.78 is 41.7. The molecule has 2 aromatic heterocycles. The monoisotopic (exact) mass is 361 g/mol. The fraction of sp³-hybridized carbons (Fsp3) is 0.389. The van der Waals surface area contributed by atoms with E-state index in [0.29, 0.717) is 24.3 Å². The molecular formula is C18H18F3N5. The van der Waals surface area contributed by atoms with Crippen molar-refractivity contribution in [2.24, 2.45) is 0 Å². The van der Waals surface area contributed by atoms with Crippen molar-refractivity contribution in [2.45, 2.75) is 31.7 Å². The van der Waals surface area contributed by atoms with Crippen LogP contribution in [0.25, 0.3) is 5.78 Å². The number of nitrogens with zero attached hydrogens (tertiary/aromatic N) is 5. The van der Waals surface area contributed by atoms with Crippen LogP contribution in [-0.4, -0.2) is 37.6 Å². The summed E-state index contributed by atoms with van der Waals surface area (Å²) in [7, 11) is 0. The van der Waals surface area contributed by atoms with Gasteiger partial charge in [-0.25, -0.2) is 18.2 Å². The summed E-state index contributed by atoms with van der Waals surface area (Å²) in [5.74, 6) is -0.0311. The second-order valence-corrected chi connectivity index (χ2v) is 6.54. The van der Waals surface area contributed by atoms with Crippen LogP contribution in [0.2, 0.25) is 0 Å². The third kappa shape index (κ3) is 3.29. The summed E-state index contributed by atoms with van der Waals surface area (Å²) in [6, 6.07) is 8.13. The van der Waals surface area contributed by atoms with E-state index >= 15 is 0 Å². The zero-order valence-corrected chi connectivity index (χ0v) is 14.0. The largest absolute Gasteiger partial charge is 0.298 e. The van der Waals surface area contributed by atoms with Crippen LogP contribution in [0, 0.1) is 5.82 Å². The molecule has 4 rings (SSSR count). The van der Waals surface area contributed by atoms with Gasteiger partial charge in [0.1, 0.15) is 17.8 Å². The zero-order valence-electron chi connectivity index (χ0n) is 14.0. The first kappa shape index (κ1) is 17.0. The van der Waals surface area contributed by atoms with E-state index < -0.39 is 6.43 Å². The van der Waals surface area contributed by atoms with Gasteiger partial charge in [0, 0.05) is 24.6 Å². The molecule has 8 heteroatoms. The van der Waals surface area contributed by atoms with Gasteiger partial charge >= 0.3 is 0 Å². The summed E-state index contributed by atoms with van der Waals surface area (Å²) in [4.78, 5) is 10.5. The number of likely N-dealkylation sites (tertiary alicyclic amines) is 1. The molecule has 0 N–H and O–H groups in total. The van der Waals surface area contributed by atoms with Crippen molar-refractivity contribution in [3.63, 3.8) is 0 Å². The van der Waals surface area contributed by atoms with Crippen molar-refractivity contribution in [3.05, 3.63) is 59.4 Å². The topological polar surface area (TPSA) is 46.3 Å². The Bertz CT molecular complexity index is 911. The SMILES string of the molecule is Fc1ccccc1CN1CCCC(c2cc(C(F)F)n3ncnc3n2)C1. The normalized spacial score (nSPS) is 18.7. The molecule has 1 aromatic carbocycles. The Morgan fingerprint density at radius 3 is 2.88 bits per heavy atom. The Hall–Kier alpha value is -2.48. The minimum absolute atomic E-state index is 0.00900. The van der Waals surface area contributed by atoms with Crippen LogP contribution in [-0.2, 0) is 6.54 Å². The Balaban J connectivity index is 1.58. The summed E-state index contributed by atoms with van der Waals surface area (Å²) in [6.07, 6.45) is 0.332. The second-order valence-electron chi connectivity index (χ2n) is 6.54. The third-order valence-electron chi connectivity index (χ3n) is 4.80. The van der Waals surface area contributed by atoms with Crippen LogP contribution >= 0.6 is 0 Å². The molecule has 0 aliphatic carbocycles. The zero-order chi connectivity index (χ0) is 18.1. The van der Waals surface area contributed by atoms with Gasteiger partial charge < -0.3 is 0 Å². The molecule has 0 bridgehead atoms. The lowest BCUT2D eigenvalue weighted by molar-refractivity contribution is 0.142. The Morgan fingerprint density at radius 2 is 2.08 bits per heavy atom. The molecule has 0 spiro atoms. The van der Waals surface area contributed by atoms with Gasteiger partial charge in [-0.05, 0) is 31.5 Å². The molecule has 136 valence electrons. The average molecular weight is 361 g/mol. The van der Waals surface area contributed by atoms with Gasteiger partial charge in [0.2, 0.25) is 0 Å². The lowest BCUT2D eigenvalue weighted by Gasteiger charge is -2.32. The van der Waals surface area contributed by atoms with Crippen LogP contribution in [0.3, 0.4) is 0 Å². The van der Waals surface area contributed by atoms with Crippen LogP contribution in [0.15, 0.2) is 36.7 Å². The second kappa shape index (κ2) is 7.03. The molecule has 1 aliphatic rings. The highest BCUT2D eigenvalue weighted by atomic mass is 19.3. The quantitative estimate of drug-likeness (QED) is 0.713. The number of rotatable bonds is 4. The van der Waals surface area contributed by atoms with Gasteiger partial charge in [-0.2, -0.15) is 14.6 Å². The highest BCUT2D eigenvalue weighted by molar-refractivity contribution is 5.32. The molecule has 0 radical (unpaired) electrons. The van der Waals surface area contributed by atoms with Gasteiger partial charge in [-0.15, -0.1) is 0 Å². The van der Waals surface area contributed by atoms with Gasteiger partial charge in [0.25, 0.3) is 12.2 Å². The maximum atomic E-state index is 13.9. The van der Waals surface area contributed by atoms with E-state index in [0.717, 1.165) is 23.9 Å². The number of aromatic nitrogens is 4. The van der Waals surface area contributed by atoms with E-state index in [-0.39, 0.29) is 23.2 Å². The fourth-order valence-corrected chi connectivity index (χ4v) is 3.53. The van der Waals surface area contributed by atoms with E-state index in [1.165, 1.54) is 18.5 Å². The third-order valence-corrected chi connectivity index (χ3v) is 4.80. The number of hydrogen-bond acceptors (Lipinski definition) is 4. The van der Waals surface area contributed by atoms with E-state index in [2.05, 4.69) is 20.0 Å². The summed E-state index contributed by atoms with van der Waals surface area (Å²) in [6.45, 7) is 1.99. The molecule has 1 unspecified atom stereocenters. The van der Waals surface area contributed by atoms with Crippen molar-refractivity contribution < 1.29 is 13.2 Å². The Kier molecular flexibility index (Phi) is 4.58. The molecule has 1 saturated heterocycles. The van der Waals surface area contributed by atoms with Crippen molar-refractivity contribution in [3.8, 4) is 0 Å². The van der Waals surface area contributed by atoms with E-state index in [9.17, 15) is 13.2 Å². The summed E-state index contributed by atoms with van der Waals surface area (Å²) in [5.41, 5.74) is 1.04. The predicted molar refractivity (Wildman–Crippen MR) is 89.4 cm³/mol. The molecule has 3 aromatic rings. The molecule has 1 aliphatic heterocycles. The molecule has 1 atom stereocenters. The smallest absolute Gasteiger partial charge is 0.280 e. The molecule has 1 fully saturated rings. The molecule has 3 heterocycles. The number of hydrogen-bond donors (Lipinski definition) is 0. The standard InChI is InChI=1S/C18H18F3N5/c19-14-6-2-1-4-12(14)9-25-7-3-5-13(10-25)15-8-16(17(20)21)26-18(24-15)22-11-23-26/h1-2,4,6,8,11,13,17H,3,5,7,9-10H2. The minimum Gasteiger partial charge on any atom is -0.298 e. The molecular weight excluding hydrogens is 343 g/mol. The highest BCUT2D eigenvalue weighted by Crippen LogP contribution is 2.29. The molecule has 5 nitrogen and oxygen atoms in total. The van der Waals surface area contributed by atoms with Crippen LogP contribution < -0.4 is 0 Å². The number of piperidine rings is 1. The first-order valence-corrected chi connectivity index (χ1v) is 8.56. The molecule has 0 saturated carbocycles. The Morgan fingerprint density at radius 1 is 1.23 bits per heavy atom. The molecule has 0 amide bonds. The lowest BCUT2D eigenvalue weighted by atomic mass is 9.93. The van der Waals surface area contributed by atoms with E-state index in [1.54, 1.807) is 12.1 Å². The van der Waals surface area contributed by atoms with Crippen LogP contribution in [0.1, 0.15) is 42.1 Å². The summed E-state index contributed by atoms with van der Waals surface area (Å²) >= 11 is 0. The van der Waals surface area contributed by atoms with Crippen LogP contribution in [0.4, 0.5) is 13.2 Å². The van der Waals surface area contributed by atoms with Gasteiger partial charge in [0.15, 0.2) is 0 Å². The number of halogens is 3. The number of fused-ring (bicyclic) bond motifs is 1. The average Bonchev–Trinajstić information content (AvgIpc) is 3.11. The van der Waals surface area contributed by atoms with E-state index in [1.807, 2.05) is 6.07 Å². The molecule has 26 heavy (non-hydrogen) atoms. The maximum Gasteiger partial charge on any atom is 0.280 e. The van der Waals surface area contributed by atoms with Gasteiger partial charge in [-0.3, -0.25) is 4.90 Å². The van der Waals surface area contributed by atoms with Gasteiger partial charge in [0.05, 0.1) is 5.69 Å². The predicted octanol–water partition coefficient (Wildman–Crippen LogP) is 3.58. The van der Waals surface area contributed by atoms with E-state index in [4.69, 9.17) is 0 Å². The van der Waals surface area contributed by atoms with Crippen molar-refractivity contribution in [2.75, 3.05) is 13.1 Å². The van der Waals surface area contributed by atoms with Crippen LogP contribution in [0.5, 0.6) is 0 Å². The van der Waals surface area contributed by atoms with Crippen molar-refractivity contribution in [1.29, 1.82) is 0 Å². The highest BCUT2D eigenvalue weighted by Gasteiger charge is 2.26. The number of alkyl halides is 2. The fourth-order valence-electron chi connectivity index (χ4n) is 3.53. The summed E-state index contributed by atoms with van der Waals surface area (Å²) in [5, 5.41) is 3.82. The minimum atomic E-state index is -2.65. The number of benzene rings is 1. The first-order chi connectivity index (χ1) is 12.6. The van der Waals surface area contributed by atoms with Crippen molar-refractivity contribution >= 4 is 5.78 Å².